The van der Waals surface area contributed by atoms with E-state index in [0.717, 1.165) is 6.42 Å². The van der Waals surface area contributed by atoms with Crippen LogP contribution >= 0.6 is 8.25 Å². The van der Waals surface area contributed by atoms with Gasteiger partial charge in [0.1, 0.15) is 6.61 Å². The molecule has 2 saturated heterocycles. The zero-order chi connectivity index (χ0) is 15.4. The molecule has 2 aliphatic rings. The van der Waals surface area contributed by atoms with Crippen LogP contribution in [-0.4, -0.2) is 58.1 Å². The molecule has 0 aliphatic carbocycles. The number of methoxy groups -OCH3 is 1. The molecule has 2 heterocycles. The fourth-order valence-corrected chi connectivity index (χ4v) is 3.22. The first kappa shape index (κ1) is 25.2. The summed E-state index contributed by atoms with van der Waals surface area (Å²) in [4.78, 5) is 0. The first-order valence-electron chi connectivity index (χ1n) is 7.09. The van der Waals surface area contributed by atoms with Crippen LogP contribution in [0.4, 0.5) is 0 Å². The summed E-state index contributed by atoms with van der Waals surface area (Å²) in [6, 6.07) is -0.491. The second-order valence-electron chi connectivity index (χ2n) is 5.10. The van der Waals surface area contributed by atoms with Gasteiger partial charge in [0.25, 0.3) is 0 Å². The Morgan fingerprint density at radius 1 is 1.17 bits per heavy atom. The molecular weight excluding hydrogens is 472 g/mol. The van der Waals surface area contributed by atoms with E-state index in [4.69, 9.17) is 31.1 Å². The quantitative estimate of drug-likeness (QED) is 0.305. The van der Waals surface area contributed by atoms with Gasteiger partial charge >= 0.3 is 8.25 Å². The third-order valence-corrected chi connectivity index (χ3v) is 4.30. The van der Waals surface area contributed by atoms with Crippen molar-refractivity contribution in [3.63, 3.8) is 0 Å². The Hall–Kier alpha value is 2.17. The SMILES string of the molecule is [B][C@H]1[CH-]C(O[P+](=O)OC[C@H]2O[C@@H](C)[CH-]C2OC)[C@@H](CC)O1.[Y].[Y]. The third-order valence-electron chi connectivity index (χ3n) is 3.52. The fraction of sp³-hybridized carbons (Fsp3) is 0.846. The summed E-state index contributed by atoms with van der Waals surface area (Å²) in [5.74, 6) is 0. The van der Waals surface area contributed by atoms with Gasteiger partial charge in [0.15, 0.2) is 0 Å². The van der Waals surface area contributed by atoms with Gasteiger partial charge in [0, 0.05) is 83.2 Å². The molecule has 0 aromatic carbocycles. The van der Waals surface area contributed by atoms with Crippen LogP contribution in [0.1, 0.15) is 20.3 Å². The van der Waals surface area contributed by atoms with Gasteiger partial charge in [-0.15, -0.1) is 9.05 Å². The van der Waals surface area contributed by atoms with Crippen LogP contribution in [0.3, 0.4) is 0 Å². The molecule has 4 radical (unpaired) electrons. The molecule has 0 saturated carbocycles. The van der Waals surface area contributed by atoms with Crippen molar-refractivity contribution >= 4 is 16.1 Å². The monoisotopic (exact) mass is 493 g/mol. The van der Waals surface area contributed by atoms with Crippen LogP contribution < -0.4 is 0 Å². The molecule has 2 aliphatic heterocycles. The number of ether oxygens (including phenoxy) is 3. The second kappa shape index (κ2) is 12.5. The van der Waals surface area contributed by atoms with E-state index in [9.17, 15) is 4.57 Å². The Balaban J connectivity index is 0.00000242. The Kier molecular flexibility index (Phi) is 13.7. The van der Waals surface area contributed by atoms with Gasteiger partial charge in [-0.05, 0) is 12.5 Å². The maximum atomic E-state index is 11.9. The van der Waals surface area contributed by atoms with Crippen molar-refractivity contribution in [3.05, 3.63) is 12.8 Å². The molecule has 124 valence electrons. The van der Waals surface area contributed by atoms with Crippen molar-refractivity contribution in [3.8, 4) is 0 Å². The minimum Gasteiger partial charge on any atom is -0.415 e. The van der Waals surface area contributed by atoms with Gasteiger partial charge in [-0.3, -0.25) is 12.8 Å². The Morgan fingerprint density at radius 2 is 1.87 bits per heavy atom. The van der Waals surface area contributed by atoms with Crippen LogP contribution in [0.25, 0.3) is 0 Å². The summed E-state index contributed by atoms with van der Waals surface area (Å²) in [6.45, 7) is 4.01. The van der Waals surface area contributed by atoms with Gasteiger partial charge in [0.05, 0.1) is 20.1 Å². The van der Waals surface area contributed by atoms with Crippen molar-refractivity contribution in [1.29, 1.82) is 0 Å². The Morgan fingerprint density at radius 3 is 2.48 bits per heavy atom. The van der Waals surface area contributed by atoms with Crippen LogP contribution in [0, 0.1) is 12.8 Å². The van der Waals surface area contributed by atoms with Gasteiger partial charge in [-0.2, -0.15) is 0 Å². The molecule has 2 rings (SSSR count). The molecule has 6 nitrogen and oxygen atoms in total. The molecular formula is C13H21BO6PY2-. The Bertz CT molecular complexity index is 367. The maximum absolute atomic E-state index is 11.9. The number of rotatable bonds is 7. The molecule has 2 fully saturated rings. The van der Waals surface area contributed by atoms with E-state index in [1.54, 1.807) is 13.5 Å². The smallest absolute Gasteiger partial charge is 0.415 e. The average Bonchev–Trinajstić information content (AvgIpc) is 2.98. The van der Waals surface area contributed by atoms with E-state index >= 15 is 0 Å². The van der Waals surface area contributed by atoms with E-state index in [1.807, 2.05) is 20.3 Å². The second-order valence-corrected chi connectivity index (χ2v) is 6.02. The van der Waals surface area contributed by atoms with Gasteiger partial charge in [-0.25, -0.2) is 0 Å². The van der Waals surface area contributed by atoms with E-state index in [2.05, 4.69) is 0 Å². The van der Waals surface area contributed by atoms with E-state index < -0.39 is 20.4 Å². The van der Waals surface area contributed by atoms with Gasteiger partial charge in [0.2, 0.25) is 0 Å². The summed E-state index contributed by atoms with van der Waals surface area (Å²) in [6.07, 6.45) is 3.29. The first-order valence-corrected chi connectivity index (χ1v) is 8.19. The van der Waals surface area contributed by atoms with Gasteiger partial charge < -0.3 is 14.2 Å². The van der Waals surface area contributed by atoms with Crippen LogP contribution in [-0.2, 0) is 93.2 Å². The van der Waals surface area contributed by atoms with Gasteiger partial charge in [-0.1, -0.05) is 26.0 Å². The minimum absolute atomic E-state index is 0. The molecule has 0 aromatic rings. The van der Waals surface area contributed by atoms with Crippen molar-refractivity contribution < 1.29 is 93.2 Å². The van der Waals surface area contributed by atoms with Crippen molar-refractivity contribution in [2.24, 2.45) is 0 Å². The topological polar surface area (TPSA) is 63.2 Å². The zero-order valence-corrected chi connectivity index (χ0v) is 20.2. The van der Waals surface area contributed by atoms with Crippen LogP contribution in [0.15, 0.2) is 0 Å². The molecule has 7 atom stereocenters. The minimum atomic E-state index is -2.26. The van der Waals surface area contributed by atoms with Crippen LogP contribution in [0.5, 0.6) is 0 Å². The normalized spacial score (nSPS) is 37.1. The Labute approximate surface area is 190 Å². The summed E-state index contributed by atoms with van der Waals surface area (Å²) in [7, 11) is 5.00. The largest absolute Gasteiger partial charge is 0.695 e. The third kappa shape index (κ3) is 7.74. The molecule has 10 heteroatoms. The van der Waals surface area contributed by atoms with Crippen molar-refractivity contribution in [2.45, 2.75) is 56.8 Å². The fourth-order valence-electron chi connectivity index (χ4n) is 2.49. The zero-order valence-electron chi connectivity index (χ0n) is 13.7. The van der Waals surface area contributed by atoms with Crippen LogP contribution in [0.2, 0.25) is 0 Å². The summed E-state index contributed by atoms with van der Waals surface area (Å²) in [5, 5.41) is 0. The molecule has 0 amide bonds. The molecule has 0 spiro atoms. The number of hydrogen-bond acceptors (Lipinski definition) is 6. The predicted molar refractivity (Wildman–Crippen MR) is 76.9 cm³/mol. The van der Waals surface area contributed by atoms with E-state index in [-0.39, 0.29) is 96.4 Å². The molecule has 3 unspecified atom stereocenters. The molecule has 0 aromatic heterocycles. The number of hydrogen-bond donors (Lipinski definition) is 0. The summed E-state index contributed by atoms with van der Waals surface area (Å²) < 4.78 is 38.8. The summed E-state index contributed by atoms with van der Waals surface area (Å²) >= 11 is 0. The maximum Gasteiger partial charge on any atom is 0.695 e. The summed E-state index contributed by atoms with van der Waals surface area (Å²) in [5.41, 5.74) is 0. The van der Waals surface area contributed by atoms with E-state index in [1.165, 1.54) is 0 Å². The predicted octanol–water partition coefficient (Wildman–Crippen LogP) is 1.55. The molecule has 0 N–H and O–H groups in total. The van der Waals surface area contributed by atoms with Crippen molar-refractivity contribution in [1.82, 2.24) is 0 Å². The average molecular weight is 493 g/mol. The van der Waals surface area contributed by atoms with Crippen molar-refractivity contribution in [2.75, 3.05) is 13.7 Å². The van der Waals surface area contributed by atoms with E-state index in [0.29, 0.717) is 0 Å². The first-order chi connectivity index (χ1) is 10.0. The molecule has 0 bridgehead atoms. The standard InChI is InChI=1S/C13H21BO6P.2Y/c1-4-9-11(6-13(14)19-9)20-21(15)17-7-12-10(16-3)5-8(2)18-12;;/h5-6,8-13H,4,7H2,1-3H3;;/q-1;;/t8-,9+,10?,11?,12+,13+;;/m0../s1. The molecule has 23 heavy (non-hydrogen) atoms.